The molecule has 0 saturated carbocycles. The van der Waals surface area contributed by atoms with Crippen molar-refractivity contribution >= 4 is 21.9 Å². The van der Waals surface area contributed by atoms with E-state index in [1.807, 2.05) is 36.7 Å². The highest BCUT2D eigenvalue weighted by molar-refractivity contribution is 6.06. The van der Waals surface area contributed by atoms with Crippen LogP contribution in [0.3, 0.4) is 0 Å². The Morgan fingerprint density at radius 2 is 1.48 bits per heavy atom. The number of nitrogens with zero attached hydrogens (tertiary/aromatic N) is 2. The van der Waals surface area contributed by atoms with Gasteiger partial charge in [0.1, 0.15) is 0 Å². The number of aromatic nitrogens is 3. The Bertz CT molecular complexity index is 1190. The van der Waals surface area contributed by atoms with E-state index < -0.39 is 0 Å². The summed E-state index contributed by atoms with van der Waals surface area (Å²) in [5, 5.41) is 1.14. The molecule has 3 aromatic heterocycles. The molecule has 25 heavy (non-hydrogen) atoms. The SMILES string of the molecule is c1ccc(-c2ccccc2-c2ccc3[nH]c4cccnc4c3c2)nc1. The van der Waals surface area contributed by atoms with Gasteiger partial charge in [-0.25, -0.2) is 0 Å². The van der Waals surface area contributed by atoms with E-state index in [4.69, 9.17) is 0 Å². The Morgan fingerprint density at radius 3 is 2.36 bits per heavy atom. The zero-order chi connectivity index (χ0) is 16.6. The van der Waals surface area contributed by atoms with Crippen LogP contribution in [0.1, 0.15) is 0 Å². The molecule has 0 bridgehead atoms. The first kappa shape index (κ1) is 13.9. The average molecular weight is 321 g/mol. The fourth-order valence-electron chi connectivity index (χ4n) is 3.36. The van der Waals surface area contributed by atoms with Crippen LogP contribution in [-0.2, 0) is 0 Å². The van der Waals surface area contributed by atoms with E-state index in [1.165, 1.54) is 11.1 Å². The van der Waals surface area contributed by atoms with Crippen LogP contribution in [0.25, 0.3) is 44.3 Å². The van der Waals surface area contributed by atoms with Crippen LogP contribution in [0.2, 0.25) is 0 Å². The highest BCUT2D eigenvalue weighted by Crippen LogP contribution is 2.34. The average Bonchev–Trinajstić information content (AvgIpc) is 3.06. The molecule has 0 unspecified atom stereocenters. The number of H-pyrrole nitrogens is 1. The second-order valence-electron chi connectivity index (χ2n) is 6.05. The first-order valence-corrected chi connectivity index (χ1v) is 8.27. The summed E-state index contributed by atoms with van der Waals surface area (Å²) in [6.45, 7) is 0. The minimum atomic E-state index is 0.982. The van der Waals surface area contributed by atoms with Gasteiger partial charge in [-0.3, -0.25) is 9.97 Å². The molecule has 0 aliphatic heterocycles. The lowest BCUT2D eigenvalue weighted by atomic mass is 9.96. The van der Waals surface area contributed by atoms with Crippen molar-refractivity contribution in [3.8, 4) is 22.4 Å². The van der Waals surface area contributed by atoms with E-state index in [2.05, 4.69) is 63.5 Å². The van der Waals surface area contributed by atoms with E-state index in [9.17, 15) is 0 Å². The standard InChI is InChI=1S/C22H15N3/c1-2-7-17(19-8-3-4-12-23-19)16(6-1)15-10-11-20-18(14-15)22-21(25-20)9-5-13-24-22/h1-14,25H. The van der Waals surface area contributed by atoms with Crippen molar-refractivity contribution < 1.29 is 0 Å². The number of benzene rings is 2. The van der Waals surface area contributed by atoms with E-state index >= 15 is 0 Å². The molecule has 2 aromatic carbocycles. The largest absolute Gasteiger partial charge is 0.353 e. The molecule has 3 heteroatoms. The van der Waals surface area contributed by atoms with Crippen molar-refractivity contribution in [2.75, 3.05) is 0 Å². The lowest BCUT2D eigenvalue weighted by molar-refractivity contribution is 1.33. The van der Waals surface area contributed by atoms with Crippen LogP contribution in [0.4, 0.5) is 0 Å². The topological polar surface area (TPSA) is 41.6 Å². The first-order chi connectivity index (χ1) is 12.4. The Hall–Kier alpha value is -3.46. The Balaban J connectivity index is 1.75. The third kappa shape index (κ3) is 2.29. The molecular formula is C22H15N3. The lowest BCUT2D eigenvalue weighted by Crippen LogP contribution is -1.87. The fourth-order valence-corrected chi connectivity index (χ4v) is 3.36. The smallest absolute Gasteiger partial charge is 0.0957 e. The molecule has 0 saturated heterocycles. The Labute approximate surface area is 145 Å². The molecule has 0 aliphatic carbocycles. The predicted molar refractivity (Wildman–Crippen MR) is 102 cm³/mol. The summed E-state index contributed by atoms with van der Waals surface area (Å²) in [4.78, 5) is 12.5. The van der Waals surface area contributed by atoms with Gasteiger partial charge in [0, 0.05) is 28.9 Å². The van der Waals surface area contributed by atoms with Crippen molar-refractivity contribution in [1.82, 2.24) is 15.0 Å². The molecule has 118 valence electrons. The molecule has 0 fully saturated rings. The van der Waals surface area contributed by atoms with Crippen LogP contribution in [-0.4, -0.2) is 15.0 Å². The van der Waals surface area contributed by atoms with Crippen molar-refractivity contribution in [3.05, 3.63) is 85.2 Å². The second-order valence-corrected chi connectivity index (χ2v) is 6.05. The zero-order valence-corrected chi connectivity index (χ0v) is 13.5. The maximum absolute atomic E-state index is 4.54. The third-order valence-electron chi connectivity index (χ3n) is 4.53. The van der Waals surface area contributed by atoms with Gasteiger partial charge in [0.25, 0.3) is 0 Å². The number of pyridine rings is 2. The van der Waals surface area contributed by atoms with Gasteiger partial charge < -0.3 is 4.98 Å². The van der Waals surface area contributed by atoms with Gasteiger partial charge >= 0.3 is 0 Å². The minimum absolute atomic E-state index is 0.982. The number of rotatable bonds is 2. The van der Waals surface area contributed by atoms with Crippen LogP contribution < -0.4 is 0 Å². The number of hydrogen-bond acceptors (Lipinski definition) is 2. The lowest BCUT2D eigenvalue weighted by Gasteiger charge is -2.09. The van der Waals surface area contributed by atoms with E-state index in [1.54, 1.807) is 0 Å². The number of aromatic amines is 1. The molecule has 0 amide bonds. The molecule has 0 aliphatic rings. The molecular weight excluding hydrogens is 306 g/mol. The van der Waals surface area contributed by atoms with Gasteiger partial charge in [0.2, 0.25) is 0 Å². The Kier molecular flexibility index (Phi) is 3.10. The van der Waals surface area contributed by atoms with Crippen LogP contribution >= 0.6 is 0 Å². The quantitative estimate of drug-likeness (QED) is 0.470. The maximum atomic E-state index is 4.54. The summed E-state index contributed by atoms with van der Waals surface area (Å²) in [5.41, 5.74) is 7.63. The monoisotopic (exact) mass is 321 g/mol. The molecule has 1 N–H and O–H groups in total. The molecule has 0 atom stereocenters. The van der Waals surface area contributed by atoms with E-state index in [-0.39, 0.29) is 0 Å². The predicted octanol–water partition coefficient (Wildman–Crippen LogP) is 5.45. The van der Waals surface area contributed by atoms with Crippen molar-refractivity contribution in [1.29, 1.82) is 0 Å². The molecule has 0 spiro atoms. The second kappa shape index (κ2) is 5.56. The van der Waals surface area contributed by atoms with Gasteiger partial charge in [-0.2, -0.15) is 0 Å². The first-order valence-electron chi connectivity index (χ1n) is 8.27. The highest BCUT2D eigenvalue weighted by atomic mass is 14.8. The molecule has 0 radical (unpaired) electrons. The zero-order valence-electron chi connectivity index (χ0n) is 13.5. The summed E-state index contributed by atoms with van der Waals surface area (Å²) < 4.78 is 0. The summed E-state index contributed by atoms with van der Waals surface area (Å²) in [5.74, 6) is 0. The van der Waals surface area contributed by atoms with Gasteiger partial charge in [0.05, 0.1) is 16.7 Å². The van der Waals surface area contributed by atoms with Crippen LogP contribution in [0.15, 0.2) is 85.2 Å². The van der Waals surface area contributed by atoms with Crippen LogP contribution in [0, 0.1) is 0 Å². The molecule has 5 aromatic rings. The van der Waals surface area contributed by atoms with Gasteiger partial charge in [-0.1, -0.05) is 36.4 Å². The minimum Gasteiger partial charge on any atom is -0.353 e. The molecule has 5 rings (SSSR count). The molecule has 3 nitrogen and oxygen atoms in total. The number of nitrogens with one attached hydrogen (secondary N) is 1. The van der Waals surface area contributed by atoms with Crippen molar-refractivity contribution in [2.45, 2.75) is 0 Å². The van der Waals surface area contributed by atoms with E-state index in [0.717, 1.165) is 33.2 Å². The maximum Gasteiger partial charge on any atom is 0.0957 e. The van der Waals surface area contributed by atoms with Gasteiger partial charge in [0.15, 0.2) is 0 Å². The number of fused-ring (bicyclic) bond motifs is 3. The van der Waals surface area contributed by atoms with Crippen LogP contribution in [0.5, 0.6) is 0 Å². The highest BCUT2D eigenvalue weighted by Gasteiger charge is 2.10. The Morgan fingerprint density at radius 1 is 0.640 bits per heavy atom. The van der Waals surface area contributed by atoms with Crippen molar-refractivity contribution in [3.63, 3.8) is 0 Å². The van der Waals surface area contributed by atoms with Gasteiger partial charge in [-0.15, -0.1) is 0 Å². The summed E-state index contributed by atoms with van der Waals surface area (Å²) in [6.07, 6.45) is 3.67. The normalized spacial score (nSPS) is 11.2. The number of hydrogen-bond donors (Lipinski definition) is 1. The fraction of sp³-hybridized carbons (Fsp3) is 0. The van der Waals surface area contributed by atoms with E-state index in [0.29, 0.717) is 0 Å². The summed E-state index contributed by atoms with van der Waals surface area (Å²) >= 11 is 0. The van der Waals surface area contributed by atoms with Crippen molar-refractivity contribution in [2.24, 2.45) is 0 Å². The summed E-state index contributed by atoms with van der Waals surface area (Å²) in [6, 6.07) is 24.9. The third-order valence-corrected chi connectivity index (χ3v) is 4.53. The molecule has 3 heterocycles. The van der Waals surface area contributed by atoms with Gasteiger partial charge in [-0.05, 0) is 47.5 Å². The summed E-state index contributed by atoms with van der Waals surface area (Å²) in [7, 11) is 0.